The van der Waals surface area contributed by atoms with Crippen LogP contribution in [0.25, 0.3) is 0 Å². The summed E-state index contributed by atoms with van der Waals surface area (Å²) < 4.78 is 4.63. The average molecular weight is 369 g/mol. The van der Waals surface area contributed by atoms with E-state index in [0.717, 1.165) is 0 Å². The molecule has 2 N–H and O–H groups in total. The molecule has 9 heteroatoms. The van der Waals surface area contributed by atoms with Gasteiger partial charge in [-0.25, -0.2) is 19.7 Å². The molecule has 0 bridgehead atoms. The maximum atomic E-state index is 12.1. The molecule has 2 heterocycles. The number of thiazole rings is 1. The van der Waals surface area contributed by atoms with Gasteiger partial charge in [0.05, 0.1) is 24.8 Å². The van der Waals surface area contributed by atoms with Gasteiger partial charge in [-0.05, 0) is 30.3 Å². The smallest absolute Gasteiger partial charge is 0.337 e. The van der Waals surface area contributed by atoms with Gasteiger partial charge < -0.3 is 15.4 Å². The molecule has 0 radical (unpaired) electrons. The normalized spacial score (nSPS) is 10.2. The first-order chi connectivity index (χ1) is 12.6. The number of methoxy groups -OCH3 is 1. The van der Waals surface area contributed by atoms with Gasteiger partial charge in [-0.1, -0.05) is 0 Å². The minimum atomic E-state index is -0.423. The number of nitrogens with zero attached hydrogens (tertiary/aromatic N) is 3. The molecule has 26 heavy (non-hydrogen) atoms. The molecule has 1 amide bonds. The van der Waals surface area contributed by atoms with Crippen LogP contribution in [0.1, 0.15) is 16.1 Å². The Morgan fingerprint density at radius 1 is 1.15 bits per heavy atom. The third kappa shape index (κ3) is 4.61. The zero-order valence-electron chi connectivity index (χ0n) is 13.8. The van der Waals surface area contributed by atoms with Crippen LogP contribution in [0.3, 0.4) is 0 Å². The summed E-state index contributed by atoms with van der Waals surface area (Å²) in [7, 11) is 1.32. The van der Waals surface area contributed by atoms with E-state index >= 15 is 0 Å². The van der Waals surface area contributed by atoms with E-state index in [-0.39, 0.29) is 12.3 Å². The van der Waals surface area contributed by atoms with Crippen LogP contribution >= 0.6 is 11.3 Å². The first-order valence-corrected chi connectivity index (χ1v) is 8.48. The highest BCUT2D eigenvalue weighted by Gasteiger charge is 2.10. The van der Waals surface area contributed by atoms with Crippen LogP contribution in [0.4, 0.5) is 16.8 Å². The molecule has 0 aliphatic rings. The number of aromatic nitrogens is 3. The Hall–Kier alpha value is -3.33. The molecule has 0 atom stereocenters. The van der Waals surface area contributed by atoms with Crippen LogP contribution in [-0.4, -0.2) is 33.9 Å². The lowest BCUT2D eigenvalue weighted by Gasteiger charge is -2.05. The number of rotatable bonds is 6. The molecular weight excluding hydrogens is 354 g/mol. The highest BCUT2D eigenvalue weighted by atomic mass is 32.1. The highest BCUT2D eigenvalue weighted by molar-refractivity contribution is 7.13. The van der Waals surface area contributed by atoms with Gasteiger partial charge in [0.2, 0.25) is 11.9 Å². The molecule has 132 valence electrons. The fourth-order valence-corrected chi connectivity index (χ4v) is 2.79. The van der Waals surface area contributed by atoms with E-state index in [1.807, 2.05) is 0 Å². The molecule has 2 aromatic heterocycles. The number of hydrogen-bond donors (Lipinski definition) is 2. The van der Waals surface area contributed by atoms with Gasteiger partial charge >= 0.3 is 5.97 Å². The largest absolute Gasteiger partial charge is 0.465 e. The summed E-state index contributed by atoms with van der Waals surface area (Å²) in [6, 6.07) is 8.19. The summed E-state index contributed by atoms with van der Waals surface area (Å²) in [4.78, 5) is 36.0. The van der Waals surface area contributed by atoms with Crippen LogP contribution in [-0.2, 0) is 16.0 Å². The first-order valence-electron chi connectivity index (χ1n) is 7.61. The molecule has 3 rings (SSSR count). The summed E-state index contributed by atoms with van der Waals surface area (Å²) >= 11 is 1.37. The van der Waals surface area contributed by atoms with E-state index in [2.05, 4.69) is 30.3 Å². The summed E-state index contributed by atoms with van der Waals surface area (Å²) in [6.07, 6.45) is 3.39. The summed E-state index contributed by atoms with van der Waals surface area (Å²) in [6.45, 7) is 0. The second-order valence-corrected chi connectivity index (χ2v) is 5.99. The van der Waals surface area contributed by atoms with Crippen LogP contribution in [0.15, 0.2) is 48.1 Å². The van der Waals surface area contributed by atoms with Gasteiger partial charge in [-0.2, -0.15) is 0 Å². The van der Waals surface area contributed by atoms with Crippen molar-refractivity contribution < 1.29 is 14.3 Å². The van der Waals surface area contributed by atoms with E-state index in [1.54, 1.807) is 48.1 Å². The van der Waals surface area contributed by atoms with Crippen molar-refractivity contribution in [2.75, 3.05) is 17.7 Å². The van der Waals surface area contributed by atoms with Crippen molar-refractivity contribution in [3.63, 3.8) is 0 Å². The Bertz CT molecular complexity index is 896. The first kappa shape index (κ1) is 17.5. The minimum Gasteiger partial charge on any atom is -0.465 e. The van der Waals surface area contributed by atoms with Crippen LogP contribution in [0, 0.1) is 0 Å². The second kappa shape index (κ2) is 8.17. The molecule has 3 aromatic rings. The van der Waals surface area contributed by atoms with Gasteiger partial charge in [-0.3, -0.25) is 4.79 Å². The number of hydrogen-bond acceptors (Lipinski definition) is 8. The molecular formula is C17H15N5O3S. The van der Waals surface area contributed by atoms with Crippen LogP contribution < -0.4 is 10.6 Å². The van der Waals surface area contributed by atoms with E-state index in [0.29, 0.717) is 28.0 Å². The molecule has 0 saturated heterocycles. The lowest BCUT2D eigenvalue weighted by Crippen LogP contribution is -2.14. The summed E-state index contributed by atoms with van der Waals surface area (Å²) in [5, 5.41) is 8.15. The second-order valence-electron chi connectivity index (χ2n) is 5.14. The van der Waals surface area contributed by atoms with Crippen molar-refractivity contribution in [3.8, 4) is 0 Å². The summed E-state index contributed by atoms with van der Waals surface area (Å²) in [5.74, 6) is -0.181. The van der Waals surface area contributed by atoms with Gasteiger partial charge in [0, 0.05) is 23.5 Å². The molecule has 0 aliphatic heterocycles. The lowest BCUT2D eigenvalue weighted by molar-refractivity contribution is -0.115. The number of benzene rings is 1. The van der Waals surface area contributed by atoms with Crippen molar-refractivity contribution in [2.24, 2.45) is 0 Å². The Kier molecular flexibility index (Phi) is 5.49. The zero-order chi connectivity index (χ0) is 18.4. The topological polar surface area (TPSA) is 106 Å². The van der Waals surface area contributed by atoms with E-state index in [9.17, 15) is 9.59 Å². The molecule has 0 saturated carbocycles. The monoisotopic (exact) mass is 369 g/mol. The molecule has 0 unspecified atom stereocenters. The minimum absolute atomic E-state index is 0.132. The van der Waals surface area contributed by atoms with Gasteiger partial charge in [0.25, 0.3) is 0 Å². The Morgan fingerprint density at radius 3 is 2.58 bits per heavy atom. The number of carbonyl (C=O) groups excluding carboxylic acids is 2. The molecule has 0 spiro atoms. The van der Waals surface area contributed by atoms with Crippen molar-refractivity contribution in [2.45, 2.75) is 6.42 Å². The fourth-order valence-electron chi connectivity index (χ4n) is 2.08. The molecule has 8 nitrogen and oxygen atoms in total. The number of esters is 1. The zero-order valence-corrected chi connectivity index (χ0v) is 14.6. The Morgan fingerprint density at radius 2 is 1.88 bits per heavy atom. The lowest BCUT2D eigenvalue weighted by atomic mass is 10.2. The van der Waals surface area contributed by atoms with Crippen molar-refractivity contribution in [1.82, 2.24) is 15.0 Å². The van der Waals surface area contributed by atoms with Crippen LogP contribution in [0.2, 0.25) is 0 Å². The Balaban J connectivity index is 1.56. The SMILES string of the molecule is COC(=O)c1ccc(NC(=O)Cc2csc(Nc3ncccn3)n2)cc1. The van der Waals surface area contributed by atoms with Crippen molar-refractivity contribution in [3.05, 3.63) is 59.4 Å². The van der Waals surface area contributed by atoms with Crippen molar-refractivity contribution >= 4 is 40.0 Å². The van der Waals surface area contributed by atoms with Gasteiger partial charge in [-0.15, -0.1) is 11.3 Å². The Labute approximate surface area is 153 Å². The fraction of sp³-hybridized carbons (Fsp3) is 0.118. The average Bonchev–Trinajstić information content (AvgIpc) is 3.09. The third-order valence-corrected chi connectivity index (χ3v) is 4.07. The maximum absolute atomic E-state index is 12.1. The molecule has 1 aromatic carbocycles. The molecule has 0 fully saturated rings. The maximum Gasteiger partial charge on any atom is 0.337 e. The standard InChI is InChI=1S/C17H15N5O3S/c1-25-15(24)11-3-5-12(6-4-11)20-14(23)9-13-10-26-17(21-13)22-16-18-7-2-8-19-16/h2-8,10H,9H2,1H3,(H,20,23)(H,18,19,21,22). The predicted octanol–water partition coefficient (Wildman–Crippen LogP) is 2.64. The van der Waals surface area contributed by atoms with E-state index in [4.69, 9.17) is 0 Å². The number of carbonyl (C=O) groups is 2. The third-order valence-electron chi connectivity index (χ3n) is 3.27. The number of nitrogens with one attached hydrogen (secondary N) is 2. The summed E-state index contributed by atoms with van der Waals surface area (Å²) in [5.41, 5.74) is 1.65. The van der Waals surface area contributed by atoms with Crippen LogP contribution in [0.5, 0.6) is 0 Å². The van der Waals surface area contributed by atoms with Crippen molar-refractivity contribution in [1.29, 1.82) is 0 Å². The van der Waals surface area contributed by atoms with Gasteiger partial charge in [0.1, 0.15) is 0 Å². The molecule has 0 aliphatic carbocycles. The van der Waals surface area contributed by atoms with Gasteiger partial charge in [0.15, 0.2) is 5.13 Å². The number of ether oxygens (including phenoxy) is 1. The quantitative estimate of drug-likeness (QED) is 0.643. The predicted molar refractivity (Wildman–Crippen MR) is 97.5 cm³/mol. The number of amides is 1. The van der Waals surface area contributed by atoms with E-state index in [1.165, 1.54) is 18.4 Å². The van der Waals surface area contributed by atoms with E-state index < -0.39 is 5.97 Å². The number of anilines is 3. The highest BCUT2D eigenvalue weighted by Crippen LogP contribution is 2.19.